The van der Waals surface area contributed by atoms with E-state index in [9.17, 15) is 0 Å². The van der Waals surface area contributed by atoms with Gasteiger partial charge in [0.2, 0.25) is 0 Å². The predicted octanol–water partition coefficient (Wildman–Crippen LogP) is -1.59. The summed E-state index contributed by atoms with van der Waals surface area (Å²) < 4.78 is 0. The standard InChI is InChI=1S/C3H11N4/c1-7(4,5)6-2-3-6/h2-5H2,1H3/q+1. The van der Waals surface area contributed by atoms with Crippen LogP contribution in [0.4, 0.5) is 0 Å². The predicted molar refractivity (Wildman–Crippen MR) is 26.1 cm³/mol. The van der Waals surface area contributed by atoms with Crippen LogP contribution in [0.15, 0.2) is 0 Å². The number of quaternary nitrogens is 1. The van der Waals surface area contributed by atoms with E-state index in [0.717, 1.165) is 13.1 Å². The lowest BCUT2D eigenvalue weighted by atomic mass is 11.0. The van der Waals surface area contributed by atoms with Gasteiger partial charge in [-0.05, 0) is 0 Å². The first-order chi connectivity index (χ1) is 3.11. The van der Waals surface area contributed by atoms with E-state index in [-0.39, 0.29) is 4.81 Å². The molecule has 1 aliphatic rings. The summed E-state index contributed by atoms with van der Waals surface area (Å²) in [6, 6.07) is 0. The molecule has 4 N–H and O–H groups in total. The van der Waals surface area contributed by atoms with E-state index in [2.05, 4.69) is 0 Å². The quantitative estimate of drug-likeness (QED) is 0.182. The third kappa shape index (κ3) is 1.10. The van der Waals surface area contributed by atoms with Gasteiger partial charge in [0, 0.05) is 0 Å². The molecule has 0 bridgehead atoms. The van der Waals surface area contributed by atoms with Crippen LogP contribution < -0.4 is 11.7 Å². The fourth-order valence-corrected chi connectivity index (χ4v) is 0.476. The van der Waals surface area contributed by atoms with Gasteiger partial charge >= 0.3 is 0 Å². The number of rotatable bonds is 1. The topological polar surface area (TPSA) is 55.0 Å². The molecule has 4 nitrogen and oxygen atoms in total. The molecule has 0 spiro atoms. The molecule has 0 aliphatic carbocycles. The van der Waals surface area contributed by atoms with Crippen molar-refractivity contribution in [2.45, 2.75) is 0 Å². The second-order valence-corrected chi connectivity index (χ2v) is 2.05. The van der Waals surface area contributed by atoms with Crippen LogP contribution in [-0.4, -0.2) is 30.0 Å². The Balaban J connectivity index is 2.36. The van der Waals surface area contributed by atoms with Gasteiger partial charge in [0.15, 0.2) is 0 Å². The highest BCUT2D eigenvalue weighted by atomic mass is 16.0. The summed E-state index contributed by atoms with van der Waals surface area (Å²) in [6.07, 6.45) is 0. The summed E-state index contributed by atoms with van der Waals surface area (Å²) in [4.78, 5) is 0. The highest BCUT2D eigenvalue weighted by Gasteiger charge is 2.33. The number of hydrogen-bond donors (Lipinski definition) is 2. The Morgan fingerprint density at radius 3 is 1.86 bits per heavy atom. The minimum atomic E-state index is 0. The molecule has 1 saturated heterocycles. The van der Waals surface area contributed by atoms with E-state index >= 15 is 0 Å². The van der Waals surface area contributed by atoms with Crippen molar-refractivity contribution in [3.8, 4) is 0 Å². The minimum Gasteiger partial charge on any atom is -0.141 e. The Morgan fingerprint density at radius 1 is 1.43 bits per heavy atom. The zero-order valence-corrected chi connectivity index (χ0v) is 4.46. The van der Waals surface area contributed by atoms with Crippen molar-refractivity contribution >= 4 is 0 Å². The van der Waals surface area contributed by atoms with Crippen LogP contribution in [0, 0.1) is 0 Å². The second kappa shape index (κ2) is 1.16. The van der Waals surface area contributed by atoms with Gasteiger partial charge in [-0.15, -0.1) is 21.5 Å². The third-order valence-corrected chi connectivity index (χ3v) is 1.03. The molecule has 0 atom stereocenters. The van der Waals surface area contributed by atoms with Crippen LogP contribution in [-0.2, 0) is 0 Å². The van der Waals surface area contributed by atoms with Crippen molar-refractivity contribution < 1.29 is 4.81 Å². The van der Waals surface area contributed by atoms with Crippen LogP contribution in [0.2, 0.25) is 0 Å². The molecule has 0 aromatic carbocycles. The van der Waals surface area contributed by atoms with E-state index in [1.807, 2.05) is 5.01 Å². The number of nitrogens with two attached hydrogens (primary N) is 2. The Morgan fingerprint density at radius 2 is 1.86 bits per heavy atom. The average molecular weight is 103 g/mol. The van der Waals surface area contributed by atoms with Gasteiger partial charge in [-0.2, -0.15) is 0 Å². The van der Waals surface area contributed by atoms with Gasteiger partial charge in [-0.3, -0.25) is 0 Å². The molecule has 0 unspecified atom stereocenters. The minimum absolute atomic E-state index is 0. The van der Waals surface area contributed by atoms with Crippen molar-refractivity contribution in [3.63, 3.8) is 0 Å². The second-order valence-electron chi connectivity index (χ2n) is 2.05. The zero-order valence-electron chi connectivity index (χ0n) is 4.46. The Kier molecular flexibility index (Phi) is 0.829. The van der Waals surface area contributed by atoms with Gasteiger partial charge in [-0.25, -0.2) is 0 Å². The van der Waals surface area contributed by atoms with Gasteiger partial charge in [0.05, 0.1) is 13.1 Å². The number of hydrogen-bond acceptors (Lipinski definition) is 3. The van der Waals surface area contributed by atoms with Gasteiger partial charge < -0.3 is 0 Å². The Bertz CT molecular complexity index is 69.5. The summed E-state index contributed by atoms with van der Waals surface area (Å²) >= 11 is 0. The molecule has 0 aromatic rings. The molecule has 0 saturated carbocycles. The van der Waals surface area contributed by atoms with Crippen LogP contribution in [0.5, 0.6) is 0 Å². The van der Waals surface area contributed by atoms with Crippen molar-refractivity contribution in [1.82, 2.24) is 5.01 Å². The molecule has 1 fully saturated rings. The van der Waals surface area contributed by atoms with Crippen LogP contribution in [0.1, 0.15) is 0 Å². The van der Waals surface area contributed by atoms with Crippen molar-refractivity contribution in [2.75, 3.05) is 20.1 Å². The molecule has 0 aromatic heterocycles. The van der Waals surface area contributed by atoms with Gasteiger partial charge in [0.25, 0.3) is 0 Å². The summed E-state index contributed by atoms with van der Waals surface area (Å²) in [7, 11) is 1.74. The van der Waals surface area contributed by atoms with E-state index in [0.29, 0.717) is 0 Å². The first-order valence-electron chi connectivity index (χ1n) is 2.30. The van der Waals surface area contributed by atoms with E-state index in [4.69, 9.17) is 11.7 Å². The molecular formula is C3H11N4+. The largest absolute Gasteiger partial charge is 0.141 e. The fraction of sp³-hybridized carbons (Fsp3) is 1.00. The van der Waals surface area contributed by atoms with Crippen LogP contribution in [0.3, 0.4) is 0 Å². The summed E-state index contributed by atoms with van der Waals surface area (Å²) in [5.41, 5.74) is 0. The molecule has 42 valence electrons. The fourth-order valence-electron chi connectivity index (χ4n) is 0.476. The lowest BCUT2D eigenvalue weighted by Crippen LogP contribution is -2.60. The zero-order chi connectivity index (χ0) is 5.49. The van der Waals surface area contributed by atoms with Gasteiger partial charge in [0.1, 0.15) is 7.05 Å². The number of nitrogens with zero attached hydrogens (tertiary/aromatic N) is 2. The molecule has 0 amide bonds. The highest BCUT2D eigenvalue weighted by molar-refractivity contribution is 4.59. The SMILES string of the molecule is C[N+](N)(N)N1CC1. The Labute approximate surface area is 42.8 Å². The molecule has 0 radical (unpaired) electrons. The molecule has 4 heteroatoms. The van der Waals surface area contributed by atoms with Crippen LogP contribution >= 0.6 is 0 Å². The maximum atomic E-state index is 5.38. The Hall–Kier alpha value is -0.160. The van der Waals surface area contributed by atoms with E-state index in [1.165, 1.54) is 0 Å². The van der Waals surface area contributed by atoms with E-state index in [1.54, 1.807) is 7.05 Å². The monoisotopic (exact) mass is 103 g/mol. The first-order valence-corrected chi connectivity index (χ1v) is 2.30. The maximum Gasteiger partial charge on any atom is 0.124 e. The normalized spacial score (nSPS) is 22.7. The first kappa shape index (κ1) is 4.99. The molecule has 1 aliphatic heterocycles. The lowest BCUT2D eigenvalue weighted by molar-refractivity contribution is -1.02. The maximum absolute atomic E-state index is 5.38. The van der Waals surface area contributed by atoms with Crippen LogP contribution in [0.25, 0.3) is 0 Å². The molecule has 1 rings (SSSR count). The van der Waals surface area contributed by atoms with Crippen molar-refractivity contribution in [1.29, 1.82) is 0 Å². The molecular weight excluding hydrogens is 92.1 g/mol. The van der Waals surface area contributed by atoms with E-state index < -0.39 is 0 Å². The third-order valence-electron chi connectivity index (χ3n) is 1.03. The van der Waals surface area contributed by atoms with Crippen molar-refractivity contribution in [3.05, 3.63) is 0 Å². The summed E-state index contributed by atoms with van der Waals surface area (Å²) in [5, 5.41) is 1.93. The van der Waals surface area contributed by atoms with Crippen molar-refractivity contribution in [2.24, 2.45) is 11.7 Å². The summed E-state index contributed by atoms with van der Waals surface area (Å²) in [5.74, 6) is 10.8. The molecule has 7 heavy (non-hydrogen) atoms. The smallest absolute Gasteiger partial charge is 0.124 e. The van der Waals surface area contributed by atoms with Gasteiger partial charge in [-0.1, -0.05) is 0 Å². The molecule has 1 heterocycles. The summed E-state index contributed by atoms with van der Waals surface area (Å²) in [6.45, 7) is 2.06. The lowest BCUT2D eigenvalue weighted by Gasteiger charge is -2.19. The average Bonchev–Trinajstić information content (AvgIpc) is 1.99. The highest BCUT2D eigenvalue weighted by Crippen LogP contribution is 2.05.